The number of nitrogens with zero attached hydrogens (tertiary/aromatic N) is 1. The lowest BCUT2D eigenvalue weighted by molar-refractivity contribution is -0.163. The van der Waals surface area contributed by atoms with Crippen LogP contribution in [0.3, 0.4) is 0 Å². The van der Waals surface area contributed by atoms with Crippen LogP contribution >= 0.6 is 11.6 Å². The number of anilines is 2. The molecule has 0 saturated carbocycles. The van der Waals surface area contributed by atoms with Gasteiger partial charge in [-0.25, -0.2) is 4.79 Å². The number of alkyl halides is 3. The lowest BCUT2D eigenvalue weighted by atomic mass is 10.0. The van der Waals surface area contributed by atoms with Crippen molar-refractivity contribution in [2.75, 3.05) is 23.9 Å². The van der Waals surface area contributed by atoms with E-state index in [-0.39, 0.29) is 12.2 Å². The van der Waals surface area contributed by atoms with Gasteiger partial charge in [0.05, 0.1) is 12.7 Å². The second kappa shape index (κ2) is 12.8. The molecule has 0 radical (unpaired) electrons. The number of fused-ring (bicyclic) bond motifs is 1. The van der Waals surface area contributed by atoms with Crippen LogP contribution in [0, 0.1) is 0 Å². The Balaban J connectivity index is 1.68. The average Bonchev–Trinajstić information content (AvgIpc) is 3.37. The minimum absolute atomic E-state index is 0.221. The second-order valence-corrected chi connectivity index (χ2v) is 11.6. The zero-order chi connectivity index (χ0) is 31.5. The van der Waals surface area contributed by atoms with Crippen LogP contribution in [-0.2, 0) is 26.9 Å². The van der Waals surface area contributed by atoms with Gasteiger partial charge in [-0.1, -0.05) is 36.7 Å². The Morgan fingerprint density at radius 1 is 1.00 bits per heavy atom. The average molecular weight is 619 g/mol. The van der Waals surface area contributed by atoms with E-state index in [2.05, 4.69) is 5.32 Å². The lowest BCUT2D eigenvalue weighted by Crippen LogP contribution is -2.37. The summed E-state index contributed by atoms with van der Waals surface area (Å²) >= 11 is 6.11. The van der Waals surface area contributed by atoms with Gasteiger partial charge in [-0.3, -0.25) is 4.79 Å². The van der Waals surface area contributed by atoms with Gasteiger partial charge in [0.15, 0.2) is 6.10 Å². The predicted octanol–water partition coefficient (Wildman–Crippen LogP) is 7.61. The van der Waals surface area contributed by atoms with E-state index in [1.54, 1.807) is 70.2 Å². The first-order valence-electron chi connectivity index (χ1n) is 13.8. The minimum atomic E-state index is -4.55. The Morgan fingerprint density at radius 3 is 2.28 bits per heavy atom. The van der Waals surface area contributed by atoms with Gasteiger partial charge in [0.1, 0.15) is 23.1 Å². The number of methoxy groups -OCH3 is 1. The molecule has 1 aliphatic heterocycles. The van der Waals surface area contributed by atoms with Gasteiger partial charge >= 0.3 is 12.1 Å². The maximum absolute atomic E-state index is 14.1. The number of carbonyl (C=O) groups excluding carboxylic acids is 2. The first-order valence-corrected chi connectivity index (χ1v) is 14.2. The van der Waals surface area contributed by atoms with Crippen molar-refractivity contribution in [1.29, 1.82) is 0 Å². The maximum Gasteiger partial charge on any atom is 0.416 e. The van der Waals surface area contributed by atoms with E-state index in [4.69, 9.17) is 25.8 Å². The smallest absolute Gasteiger partial charge is 0.416 e. The fraction of sp³-hybridized carbons (Fsp3) is 0.375. The van der Waals surface area contributed by atoms with Gasteiger partial charge < -0.3 is 24.4 Å². The summed E-state index contributed by atoms with van der Waals surface area (Å²) in [6, 6.07) is 13.9. The van der Waals surface area contributed by atoms with Crippen LogP contribution in [0.4, 0.5) is 24.5 Å². The number of nitrogens with one attached hydrogen (secondary N) is 1. The highest BCUT2D eigenvalue weighted by atomic mass is 35.5. The third-order valence-corrected chi connectivity index (χ3v) is 7.02. The van der Waals surface area contributed by atoms with Gasteiger partial charge in [-0.15, -0.1) is 0 Å². The monoisotopic (exact) mass is 618 g/mol. The number of benzene rings is 3. The van der Waals surface area contributed by atoms with Gasteiger partial charge in [0.2, 0.25) is 0 Å². The van der Waals surface area contributed by atoms with Crippen LogP contribution in [0.2, 0.25) is 5.02 Å². The molecule has 2 atom stereocenters. The molecule has 0 spiro atoms. The van der Waals surface area contributed by atoms with Gasteiger partial charge in [-0.2, -0.15) is 13.2 Å². The summed E-state index contributed by atoms with van der Waals surface area (Å²) in [5.74, 6) is -0.288. The van der Waals surface area contributed by atoms with Crippen LogP contribution in [-0.4, -0.2) is 37.2 Å². The van der Waals surface area contributed by atoms with E-state index in [1.807, 2.05) is 0 Å². The highest BCUT2D eigenvalue weighted by molar-refractivity contribution is 6.30. The summed E-state index contributed by atoms with van der Waals surface area (Å²) in [4.78, 5) is 28.2. The van der Waals surface area contributed by atoms with Crippen molar-refractivity contribution < 1.29 is 37.0 Å². The summed E-state index contributed by atoms with van der Waals surface area (Å²) in [7, 11) is 1.47. The largest absolute Gasteiger partial charge is 0.497 e. The van der Waals surface area contributed by atoms with E-state index >= 15 is 0 Å². The highest BCUT2D eigenvalue weighted by Gasteiger charge is 2.36. The van der Waals surface area contributed by atoms with Gasteiger partial charge in [-0.05, 0) is 69.0 Å². The molecule has 3 aromatic carbocycles. The van der Waals surface area contributed by atoms with Crippen LogP contribution in [0.15, 0.2) is 60.7 Å². The lowest BCUT2D eigenvalue weighted by Gasteiger charge is -2.27. The molecule has 0 aromatic heterocycles. The van der Waals surface area contributed by atoms with Crippen LogP contribution < -0.4 is 19.7 Å². The van der Waals surface area contributed by atoms with E-state index in [0.29, 0.717) is 46.2 Å². The van der Waals surface area contributed by atoms with E-state index in [1.165, 1.54) is 18.1 Å². The third-order valence-electron chi connectivity index (χ3n) is 6.77. The summed E-state index contributed by atoms with van der Waals surface area (Å²) in [5, 5.41) is 3.67. The molecule has 4 rings (SSSR count). The molecule has 0 aliphatic carbocycles. The SMILES string of the molecule is CCC(Oc1cc(NC(C(=O)N2CCc3ccc(C(F)(F)F)cc32)c2ccc(Cl)cc2)cc(OC)c1)C(=O)OC(C)(C)C. The topological polar surface area (TPSA) is 77.1 Å². The molecule has 43 heavy (non-hydrogen) atoms. The Kier molecular flexibility index (Phi) is 9.49. The number of esters is 1. The fourth-order valence-electron chi connectivity index (χ4n) is 4.72. The normalized spacial score (nSPS) is 14.5. The molecule has 2 unspecified atom stereocenters. The third kappa shape index (κ3) is 7.93. The molecule has 1 heterocycles. The minimum Gasteiger partial charge on any atom is -0.497 e. The Hall–Kier alpha value is -3.92. The van der Waals surface area contributed by atoms with E-state index in [9.17, 15) is 22.8 Å². The van der Waals surface area contributed by atoms with Gasteiger partial charge in [0.25, 0.3) is 5.91 Å². The van der Waals surface area contributed by atoms with Crippen LogP contribution in [0.1, 0.15) is 56.8 Å². The molecule has 0 fully saturated rings. The Bertz CT molecular complexity index is 1470. The summed E-state index contributed by atoms with van der Waals surface area (Å²) in [5.41, 5.74) is 0.313. The zero-order valence-corrected chi connectivity index (χ0v) is 25.3. The Morgan fingerprint density at radius 2 is 1.67 bits per heavy atom. The second-order valence-electron chi connectivity index (χ2n) is 11.2. The zero-order valence-electron chi connectivity index (χ0n) is 24.5. The summed E-state index contributed by atoms with van der Waals surface area (Å²) in [6.07, 6.45) is -4.67. The molecule has 1 aliphatic rings. The maximum atomic E-state index is 14.1. The molecular formula is C32H34ClF3N2O5. The molecule has 0 saturated heterocycles. The van der Waals surface area contributed by atoms with Crippen molar-refractivity contribution in [2.45, 2.75) is 64.5 Å². The molecular weight excluding hydrogens is 585 g/mol. The number of amides is 1. The quantitative estimate of drug-likeness (QED) is 0.249. The number of ether oxygens (including phenoxy) is 3. The van der Waals surface area contributed by atoms with Crippen molar-refractivity contribution in [3.05, 3.63) is 82.4 Å². The van der Waals surface area contributed by atoms with Crippen molar-refractivity contribution in [2.24, 2.45) is 0 Å². The number of rotatable bonds is 9. The molecule has 230 valence electrons. The number of hydrogen-bond donors (Lipinski definition) is 1. The van der Waals surface area contributed by atoms with Crippen molar-refractivity contribution in [3.63, 3.8) is 0 Å². The molecule has 3 aromatic rings. The fourth-order valence-corrected chi connectivity index (χ4v) is 4.85. The number of hydrogen-bond acceptors (Lipinski definition) is 6. The first kappa shape index (κ1) is 32.0. The summed E-state index contributed by atoms with van der Waals surface area (Å²) < 4.78 is 57.5. The Labute approximate surface area is 253 Å². The van der Waals surface area contributed by atoms with Crippen LogP contribution in [0.5, 0.6) is 11.5 Å². The molecule has 1 amide bonds. The first-order chi connectivity index (χ1) is 20.2. The predicted molar refractivity (Wildman–Crippen MR) is 159 cm³/mol. The molecule has 1 N–H and O–H groups in total. The van der Waals surface area contributed by atoms with E-state index in [0.717, 1.165) is 12.1 Å². The number of carbonyl (C=O) groups is 2. The molecule has 7 nitrogen and oxygen atoms in total. The van der Waals surface area contributed by atoms with Crippen molar-refractivity contribution in [1.82, 2.24) is 0 Å². The highest BCUT2D eigenvalue weighted by Crippen LogP contribution is 2.38. The number of halogens is 4. The van der Waals surface area contributed by atoms with E-state index < -0.39 is 41.4 Å². The van der Waals surface area contributed by atoms with Gasteiger partial charge in [0, 0.05) is 41.1 Å². The summed E-state index contributed by atoms with van der Waals surface area (Å²) in [6.45, 7) is 7.31. The van der Waals surface area contributed by atoms with Crippen molar-refractivity contribution in [3.8, 4) is 11.5 Å². The molecule has 11 heteroatoms. The molecule has 0 bridgehead atoms. The standard InChI is InChI=1S/C32H34ClF3N2O5/c1-6-27(30(40)43-31(2,3)4)42-25-17-23(16-24(18-25)41-5)37-28(20-8-11-22(33)12-9-20)29(39)38-14-13-19-7-10-21(15-26(19)38)32(34,35)36/h7-12,15-18,27-28,37H,6,13-14H2,1-5H3. The van der Waals surface area contributed by atoms with Crippen LogP contribution in [0.25, 0.3) is 0 Å². The van der Waals surface area contributed by atoms with Crippen molar-refractivity contribution >= 4 is 34.9 Å².